The van der Waals surface area contributed by atoms with Gasteiger partial charge in [-0.3, -0.25) is 4.90 Å². The van der Waals surface area contributed by atoms with Crippen molar-refractivity contribution in [3.63, 3.8) is 0 Å². The van der Waals surface area contributed by atoms with Gasteiger partial charge in [0, 0.05) is 17.0 Å². The first-order valence-corrected chi connectivity index (χ1v) is 8.17. The Hall–Kier alpha value is -1.97. The van der Waals surface area contributed by atoms with E-state index in [4.69, 9.17) is 9.47 Å². The average Bonchev–Trinajstić information content (AvgIpc) is 2.86. The number of ether oxygens (including phenoxy) is 2. The van der Waals surface area contributed by atoms with Crippen LogP contribution in [-0.2, 0) is 0 Å². The Morgan fingerprint density at radius 3 is 2.50 bits per heavy atom. The van der Waals surface area contributed by atoms with Gasteiger partial charge in [-0.15, -0.1) is 0 Å². The molecule has 3 aromatic carbocycles. The zero-order chi connectivity index (χ0) is 16.1. The van der Waals surface area contributed by atoms with Crippen molar-refractivity contribution in [3.05, 3.63) is 42.0 Å². The summed E-state index contributed by atoms with van der Waals surface area (Å²) in [7, 11) is 3.40. The Morgan fingerprint density at radius 1 is 1.04 bits per heavy atom. The molecule has 24 heavy (non-hydrogen) atoms. The summed E-state index contributed by atoms with van der Waals surface area (Å²) in [4.78, 5) is 1.54. The summed E-state index contributed by atoms with van der Waals surface area (Å²) in [6.45, 7) is 5.65. The van der Waals surface area contributed by atoms with Gasteiger partial charge >= 0.3 is 0 Å². The average molecular weight is 344 g/mol. The molecular formula is C20H22ClNO2. The lowest BCUT2D eigenvalue weighted by Gasteiger charge is -2.18. The first-order chi connectivity index (χ1) is 11.2. The highest BCUT2D eigenvalue weighted by Crippen LogP contribution is 2.44. The number of rotatable bonds is 3. The molecule has 0 amide bonds. The van der Waals surface area contributed by atoms with E-state index >= 15 is 0 Å². The van der Waals surface area contributed by atoms with Crippen LogP contribution in [0.15, 0.2) is 36.4 Å². The lowest BCUT2D eigenvalue weighted by Crippen LogP contribution is -3.05. The van der Waals surface area contributed by atoms with Crippen LogP contribution < -0.4 is 26.8 Å². The van der Waals surface area contributed by atoms with Gasteiger partial charge in [0.25, 0.3) is 0 Å². The lowest BCUT2D eigenvalue weighted by atomic mass is 9.96. The second-order valence-corrected chi connectivity index (χ2v) is 6.19. The molecule has 1 aliphatic heterocycles. The fourth-order valence-electron chi connectivity index (χ4n) is 4.18. The molecule has 3 nitrogen and oxygen atoms in total. The van der Waals surface area contributed by atoms with Gasteiger partial charge in [0.05, 0.1) is 26.2 Å². The van der Waals surface area contributed by atoms with E-state index in [0.717, 1.165) is 23.4 Å². The predicted molar refractivity (Wildman–Crippen MR) is 94.1 cm³/mol. The van der Waals surface area contributed by atoms with Crippen LogP contribution in [0.2, 0.25) is 0 Å². The first kappa shape index (κ1) is 16.9. The van der Waals surface area contributed by atoms with Gasteiger partial charge in [0.1, 0.15) is 11.7 Å². The van der Waals surface area contributed by atoms with Gasteiger partial charge in [-0.05, 0) is 30.7 Å². The maximum Gasteiger partial charge on any atom is 0.169 e. The third-order valence-corrected chi connectivity index (χ3v) is 5.23. The summed E-state index contributed by atoms with van der Waals surface area (Å²) in [5.74, 6) is 1.61. The van der Waals surface area contributed by atoms with Crippen LogP contribution in [0.1, 0.15) is 25.5 Å². The Kier molecular flexibility index (Phi) is 4.33. The molecule has 0 bridgehead atoms. The summed E-state index contributed by atoms with van der Waals surface area (Å²) < 4.78 is 11.2. The highest BCUT2D eigenvalue weighted by molar-refractivity contribution is 6.16. The summed E-state index contributed by atoms with van der Waals surface area (Å²) in [5.41, 5.74) is 2.84. The predicted octanol–water partition coefficient (Wildman–Crippen LogP) is 0.625. The van der Waals surface area contributed by atoms with Crippen LogP contribution in [-0.4, -0.2) is 20.8 Å². The zero-order valence-electron chi connectivity index (χ0n) is 14.4. The number of quaternary nitrogens is 1. The van der Waals surface area contributed by atoms with E-state index in [1.807, 2.05) is 6.07 Å². The molecule has 1 aliphatic rings. The topological polar surface area (TPSA) is 22.9 Å². The first-order valence-electron chi connectivity index (χ1n) is 8.17. The Bertz CT molecular complexity index is 923. The van der Waals surface area contributed by atoms with Crippen LogP contribution in [0.25, 0.3) is 21.5 Å². The van der Waals surface area contributed by atoms with E-state index in [1.54, 1.807) is 14.2 Å². The van der Waals surface area contributed by atoms with E-state index in [2.05, 4.69) is 44.2 Å². The van der Waals surface area contributed by atoms with Crippen molar-refractivity contribution in [1.82, 2.24) is 0 Å². The molecule has 4 heteroatoms. The van der Waals surface area contributed by atoms with Crippen LogP contribution in [0.5, 0.6) is 11.5 Å². The molecule has 2 unspecified atom stereocenters. The van der Waals surface area contributed by atoms with Gasteiger partial charge in [0.2, 0.25) is 0 Å². The van der Waals surface area contributed by atoms with E-state index in [1.165, 1.54) is 32.3 Å². The van der Waals surface area contributed by atoms with Crippen molar-refractivity contribution in [2.45, 2.75) is 19.9 Å². The van der Waals surface area contributed by atoms with Crippen LogP contribution in [0, 0.1) is 0 Å². The smallest absolute Gasteiger partial charge is 0.169 e. The Labute approximate surface area is 148 Å². The normalized spacial score (nSPS) is 18.7. The third-order valence-electron chi connectivity index (χ3n) is 5.23. The summed E-state index contributed by atoms with van der Waals surface area (Å²) in [5, 5.41) is 5.01. The molecule has 0 saturated heterocycles. The highest BCUT2D eigenvalue weighted by atomic mass is 35.5. The summed E-state index contributed by atoms with van der Waals surface area (Å²) in [6.07, 6.45) is 0. The number of halogens is 1. The number of benzene rings is 3. The van der Waals surface area contributed by atoms with Crippen molar-refractivity contribution in [2.24, 2.45) is 0 Å². The molecule has 0 saturated carbocycles. The van der Waals surface area contributed by atoms with Gasteiger partial charge in [-0.2, -0.15) is 0 Å². The van der Waals surface area contributed by atoms with Crippen molar-refractivity contribution in [2.75, 3.05) is 20.8 Å². The molecule has 126 valence electrons. The quantitative estimate of drug-likeness (QED) is 0.705. The Morgan fingerprint density at radius 2 is 1.83 bits per heavy atom. The second-order valence-electron chi connectivity index (χ2n) is 6.19. The number of hydrogen-bond donors (Lipinski definition) is 1. The van der Waals surface area contributed by atoms with Crippen molar-refractivity contribution < 1.29 is 26.8 Å². The molecule has 0 spiro atoms. The fourth-order valence-corrected chi connectivity index (χ4v) is 4.18. The van der Waals surface area contributed by atoms with Crippen LogP contribution in [0.3, 0.4) is 0 Å². The molecule has 0 aliphatic carbocycles. The molecule has 2 atom stereocenters. The SMILES string of the molecule is CC[NH+]1c2cc3ccc(OC)c(OC)c3c3cccc(c23)C1C.[Cl-]. The fraction of sp³-hybridized carbons (Fsp3) is 0.300. The summed E-state index contributed by atoms with van der Waals surface area (Å²) in [6, 6.07) is 13.6. The standard InChI is InChI=1S/C20H21NO2.ClH/c1-5-21-12(2)14-7-6-8-15-18-13(11-16(21)19(14)15)9-10-17(22-3)20(18)23-4;/h6-12H,5H2,1-4H3;1H. The molecular weight excluding hydrogens is 322 g/mol. The molecule has 0 radical (unpaired) electrons. The maximum absolute atomic E-state index is 5.71. The van der Waals surface area contributed by atoms with Crippen LogP contribution >= 0.6 is 0 Å². The highest BCUT2D eigenvalue weighted by Gasteiger charge is 2.33. The minimum absolute atomic E-state index is 0. The minimum atomic E-state index is 0. The van der Waals surface area contributed by atoms with Crippen molar-refractivity contribution >= 4 is 27.2 Å². The number of hydrogen-bond acceptors (Lipinski definition) is 2. The second kappa shape index (κ2) is 6.15. The summed E-state index contributed by atoms with van der Waals surface area (Å²) >= 11 is 0. The number of nitrogens with one attached hydrogen (secondary N) is 1. The van der Waals surface area contributed by atoms with Gasteiger partial charge in [-0.25, -0.2) is 0 Å². The number of fused-ring (bicyclic) bond motifs is 2. The zero-order valence-corrected chi connectivity index (χ0v) is 15.2. The molecule has 1 heterocycles. The Balaban J connectivity index is 0.00000169. The van der Waals surface area contributed by atoms with E-state index < -0.39 is 0 Å². The van der Waals surface area contributed by atoms with Gasteiger partial charge in [-0.1, -0.05) is 24.3 Å². The van der Waals surface area contributed by atoms with Gasteiger partial charge < -0.3 is 21.9 Å². The van der Waals surface area contributed by atoms with Crippen LogP contribution in [0.4, 0.5) is 5.69 Å². The molecule has 0 aromatic heterocycles. The van der Waals surface area contributed by atoms with Gasteiger partial charge in [0.15, 0.2) is 11.5 Å². The van der Waals surface area contributed by atoms with E-state index in [9.17, 15) is 0 Å². The molecule has 3 aromatic rings. The van der Waals surface area contributed by atoms with Crippen molar-refractivity contribution in [1.29, 1.82) is 0 Å². The third kappa shape index (κ3) is 2.08. The lowest BCUT2D eigenvalue weighted by molar-refractivity contribution is -0.858. The van der Waals surface area contributed by atoms with E-state index in [-0.39, 0.29) is 12.4 Å². The molecule has 1 N–H and O–H groups in total. The molecule has 4 rings (SSSR count). The monoisotopic (exact) mass is 343 g/mol. The van der Waals surface area contributed by atoms with Crippen molar-refractivity contribution in [3.8, 4) is 11.5 Å². The molecule has 0 fully saturated rings. The minimum Gasteiger partial charge on any atom is -1.00 e. The largest absolute Gasteiger partial charge is 1.00 e. The maximum atomic E-state index is 5.71. The van der Waals surface area contributed by atoms with E-state index in [0.29, 0.717) is 6.04 Å². The number of methoxy groups -OCH3 is 2.